The number of amides is 2. The summed E-state index contributed by atoms with van der Waals surface area (Å²) in [5.74, 6) is 0.618. The lowest BCUT2D eigenvalue weighted by Gasteiger charge is -2.09. The zero-order valence-electron chi connectivity index (χ0n) is 12.3. The molecule has 0 aliphatic carbocycles. The smallest absolute Gasteiger partial charge is 0.315 e. The summed E-state index contributed by atoms with van der Waals surface area (Å²) in [7, 11) is 0. The second kappa shape index (κ2) is 7.17. The SMILES string of the molecule is O=C(NCc1ccncc1)NCc1nccnc1-c1ccco1. The number of pyridine rings is 1. The Morgan fingerprint density at radius 2 is 1.78 bits per heavy atom. The summed E-state index contributed by atoms with van der Waals surface area (Å²) < 4.78 is 5.34. The fraction of sp³-hybridized carbons (Fsp3) is 0.125. The van der Waals surface area contributed by atoms with Crippen LogP contribution in [0.3, 0.4) is 0 Å². The van der Waals surface area contributed by atoms with Crippen LogP contribution in [0, 0.1) is 0 Å². The number of furan rings is 1. The molecule has 0 spiro atoms. The van der Waals surface area contributed by atoms with Crippen LogP contribution in [0.15, 0.2) is 59.7 Å². The van der Waals surface area contributed by atoms with E-state index in [-0.39, 0.29) is 12.6 Å². The Labute approximate surface area is 132 Å². The Morgan fingerprint density at radius 1 is 1.00 bits per heavy atom. The van der Waals surface area contributed by atoms with Gasteiger partial charge in [0.05, 0.1) is 18.5 Å². The van der Waals surface area contributed by atoms with Crippen LogP contribution >= 0.6 is 0 Å². The lowest BCUT2D eigenvalue weighted by molar-refractivity contribution is 0.240. The first-order chi connectivity index (χ1) is 11.3. The Balaban J connectivity index is 1.57. The van der Waals surface area contributed by atoms with Crippen molar-refractivity contribution in [1.82, 2.24) is 25.6 Å². The summed E-state index contributed by atoms with van der Waals surface area (Å²) in [5, 5.41) is 5.54. The van der Waals surface area contributed by atoms with E-state index in [1.807, 2.05) is 12.1 Å². The van der Waals surface area contributed by atoms with E-state index in [9.17, 15) is 4.79 Å². The van der Waals surface area contributed by atoms with Gasteiger partial charge in [0.1, 0.15) is 5.69 Å². The molecule has 0 atom stereocenters. The highest BCUT2D eigenvalue weighted by atomic mass is 16.3. The number of hydrogen-bond acceptors (Lipinski definition) is 5. The molecule has 3 rings (SSSR count). The molecule has 2 N–H and O–H groups in total. The summed E-state index contributed by atoms with van der Waals surface area (Å²) in [5.41, 5.74) is 2.24. The monoisotopic (exact) mass is 309 g/mol. The Kier molecular flexibility index (Phi) is 4.58. The summed E-state index contributed by atoms with van der Waals surface area (Å²) in [6.45, 7) is 0.686. The first-order valence-electron chi connectivity index (χ1n) is 7.07. The molecule has 0 radical (unpaired) electrons. The molecular weight excluding hydrogens is 294 g/mol. The van der Waals surface area contributed by atoms with E-state index in [1.165, 1.54) is 0 Å². The average Bonchev–Trinajstić information content (AvgIpc) is 3.14. The van der Waals surface area contributed by atoms with Gasteiger partial charge in [-0.2, -0.15) is 0 Å². The van der Waals surface area contributed by atoms with Gasteiger partial charge in [-0.3, -0.25) is 9.97 Å². The summed E-state index contributed by atoms with van der Waals surface area (Å²) >= 11 is 0. The molecule has 116 valence electrons. The summed E-state index contributed by atoms with van der Waals surface area (Å²) in [6.07, 6.45) is 8.11. The minimum absolute atomic E-state index is 0.256. The van der Waals surface area contributed by atoms with E-state index in [0.29, 0.717) is 23.7 Å². The summed E-state index contributed by atoms with van der Waals surface area (Å²) in [4.78, 5) is 24.3. The van der Waals surface area contributed by atoms with Crippen LogP contribution in [0.25, 0.3) is 11.5 Å². The molecule has 0 saturated carbocycles. The third-order valence-corrected chi connectivity index (χ3v) is 3.15. The minimum Gasteiger partial charge on any atom is -0.463 e. The number of nitrogens with zero attached hydrogens (tertiary/aromatic N) is 3. The van der Waals surface area contributed by atoms with E-state index >= 15 is 0 Å². The number of rotatable bonds is 5. The highest BCUT2D eigenvalue weighted by Gasteiger charge is 2.11. The average molecular weight is 309 g/mol. The molecule has 3 heterocycles. The van der Waals surface area contributed by atoms with Gasteiger partial charge in [0.25, 0.3) is 0 Å². The normalized spacial score (nSPS) is 10.3. The number of aromatic nitrogens is 3. The van der Waals surface area contributed by atoms with Crippen LogP contribution in [0.1, 0.15) is 11.3 Å². The van der Waals surface area contributed by atoms with Crippen molar-refractivity contribution in [3.63, 3.8) is 0 Å². The Morgan fingerprint density at radius 3 is 2.57 bits per heavy atom. The molecule has 0 aliphatic rings. The molecule has 3 aromatic heterocycles. The van der Waals surface area contributed by atoms with Crippen molar-refractivity contribution < 1.29 is 9.21 Å². The van der Waals surface area contributed by atoms with Gasteiger partial charge < -0.3 is 15.1 Å². The van der Waals surface area contributed by atoms with E-state index < -0.39 is 0 Å². The van der Waals surface area contributed by atoms with Crippen molar-refractivity contribution in [2.24, 2.45) is 0 Å². The molecule has 0 fully saturated rings. The maximum Gasteiger partial charge on any atom is 0.315 e. The zero-order chi connectivity index (χ0) is 15.9. The molecule has 2 amide bonds. The van der Waals surface area contributed by atoms with Crippen molar-refractivity contribution in [2.45, 2.75) is 13.1 Å². The fourth-order valence-electron chi connectivity index (χ4n) is 2.02. The topological polar surface area (TPSA) is 92.9 Å². The van der Waals surface area contributed by atoms with Gasteiger partial charge in [0.15, 0.2) is 5.76 Å². The predicted molar refractivity (Wildman–Crippen MR) is 83.0 cm³/mol. The van der Waals surface area contributed by atoms with Gasteiger partial charge in [-0.25, -0.2) is 9.78 Å². The third kappa shape index (κ3) is 3.91. The molecule has 0 saturated heterocycles. The van der Waals surface area contributed by atoms with Gasteiger partial charge in [0, 0.05) is 31.3 Å². The lowest BCUT2D eigenvalue weighted by atomic mass is 10.2. The molecule has 0 unspecified atom stereocenters. The Hall–Kier alpha value is -3.22. The molecular formula is C16H15N5O2. The maximum absolute atomic E-state index is 11.9. The molecule has 23 heavy (non-hydrogen) atoms. The standard InChI is InChI=1S/C16H15N5O2/c22-16(20-10-12-3-5-17-6-4-12)21-11-13-15(19-8-7-18-13)14-2-1-9-23-14/h1-9H,10-11H2,(H2,20,21,22). The highest BCUT2D eigenvalue weighted by Crippen LogP contribution is 2.19. The number of hydrogen-bond donors (Lipinski definition) is 2. The largest absolute Gasteiger partial charge is 0.463 e. The van der Waals surface area contributed by atoms with E-state index in [1.54, 1.807) is 43.2 Å². The Bertz CT molecular complexity index is 759. The number of carbonyl (C=O) groups excluding carboxylic acids is 1. The van der Waals surface area contributed by atoms with E-state index in [0.717, 1.165) is 5.56 Å². The first kappa shape index (κ1) is 14.7. The predicted octanol–water partition coefficient (Wildman–Crippen LogP) is 2.13. The number of nitrogens with one attached hydrogen (secondary N) is 2. The number of urea groups is 1. The number of carbonyl (C=O) groups is 1. The van der Waals surface area contributed by atoms with Crippen LogP contribution in [-0.4, -0.2) is 21.0 Å². The molecule has 7 heteroatoms. The van der Waals surface area contributed by atoms with Crippen molar-refractivity contribution in [1.29, 1.82) is 0 Å². The van der Waals surface area contributed by atoms with Crippen molar-refractivity contribution in [2.75, 3.05) is 0 Å². The van der Waals surface area contributed by atoms with Gasteiger partial charge in [-0.1, -0.05) is 0 Å². The molecule has 7 nitrogen and oxygen atoms in total. The van der Waals surface area contributed by atoms with Gasteiger partial charge >= 0.3 is 6.03 Å². The van der Waals surface area contributed by atoms with Crippen LogP contribution in [0.4, 0.5) is 4.79 Å². The van der Waals surface area contributed by atoms with E-state index in [4.69, 9.17) is 4.42 Å². The minimum atomic E-state index is -0.280. The van der Waals surface area contributed by atoms with Crippen molar-refractivity contribution in [3.05, 3.63) is 66.6 Å². The third-order valence-electron chi connectivity index (χ3n) is 3.15. The van der Waals surface area contributed by atoms with Crippen molar-refractivity contribution >= 4 is 6.03 Å². The van der Waals surface area contributed by atoms with E-state index in [2.05, 4.69) is 25.6 Å². The van der Waals surface area contributed by atoms with Crippen LogP contribution in [-0.2, 0) is 13.1 Å². The van der Waals surface area contributed by atoms with Gasteiger partial charge in [0.2, 0.25) is 0 Å². The summed E-state index contributed by atoms with van der Waals surface area (Å²) in [6, 6.07) is 6.99. The zero-order valence-corrected chi connectivity index (χ0v) is 12.3. The molecule has 0 bridgehead atoms. The highest BCUT2D eigenvalue weighted by molar-refractivity contribution is 5.74. The molecule has 0 aliphatic heterocycles. The van der Waals surface area contributed by atoms with Gasteiger partial charge in [-0.15, -0.1) is 0 Å². The lowest BCUT2D eigenvalue weighted by Crippen LogP contribution is -2.34. The fourth-order valence-corrected chi connectivity index (χ4v) is 2.02. The van der Waals surface area contributed by atoms with Crippen LogP contribution < -0.4 is 10.6 Å². The van der Waals surface area contributed by atoms with Crippen molar-refractivity contribution in [3.8, 4) is 11.5 Å². The first-order valence-corrected chi connectivity index (χ1v) is 7.07. The second-order valence-corrected chi connectivity index (χ2v) is 4.72. The van der Waals surface area contributed by atoms with Crippen LogP contribution in [0.5, 0.6) is 0 Å². The second-order valence-electron chi connectivity index (χ2n) is 4.72. The molecule has 0 aromatic carbocycles. The van der Waals surface area contributed by atoms with Crippen LogP contribution in [0.2, 0.25) is 0 Å². The van der Waals surface area contributed by atoms with Gasteiger partial charge in [-0.05, 0) is 29.8 Å². The quantitative estimate of drug-likeness (QED) is 0.753. The maximum atomic E-state index is 11.9. The molecule has 3 aromatic rings.